The van der Waals surface area contributed by atoms with Crippen molar-refractivity contribution < 1.29 is 27.1 Å². The zero-order valence-corrected chi connectivity index (χ0v) is 15.7. The molecular formula is C19H19F4N3O2. The zero-order chi connectivity index (χ0) is 20.8. The van der Waals surface area contributed by atoms with Gasteiger partial charge >= 0.3 is 12.1 Å². The number of ether oxygens (including phenoxy) is 1. The van der Waals surface area contributed by atoms with E-state index in [0.29, 0.717) is 22.2 Å². The van der Waals surface area contributed by atoms with Crippen LogP contribution in [0.25, 0.3) is 10.9 Å². The highest BCUT2D eigenvalue weighted by molar-refractivity contribution is 5.88. The lowest BCUT2D eigenvalue weighted by Gasteiger charge is -2.21. The summed E-state index contributed by atoms with van der Waals surface area (Å²) in [7, 11) is 1.52. The first kappa shape index (κ1) is 19.9. The number of aromatic nitrogens is 3. The van der Waals surface area contributed by atoms with Crippen molar-refractivity contribution in [2.24, 2.45) is 7.05 Å². The summed E-state index contributed by atoms with van der Waals surface area (Å²) >= 11 is 0. The standard InChI is InChI=1S/C19H19F4N3O2/c1-9-13(14-7-12(20)5-6-15(14)24-9)8-16(27)28-18(19(21,22)23)17-10(2)25-26(4)11(17)3/h5-7,18,24H,8H2,1-4H3/t18-/m1/s1. The van der Waals surface area contributed by atoms with Gasteiger partial charge in [0.15, 0.2) is 0 Å². The third kappa shape index (κ3) is 3.61. The highest BCUT2D eigenvalue weighted by Crippen LogP contribution is 2.39. The Morgan fingerprint density at radius 1 is 1.29 bits per heavy atom. The molecular weight excluding hydrogens is 378 g/mol. The molecule has 1 aromatic carbocycles. The van der Waals surface area contributed by atoms with Crippen LogP contribution in [-0.4, -0.2) is 26.9 Å². The number of carbonyl (C=O) groups excluding carboxylic acids is 1. The van der Waals surface area contributed by atoms with Crippen molar-refractivity contribution in [2.75, 3.05) is 0 Å². The third-order valence-corrected chi connectivity index (χ3v) is 4.78. The molecule has 0 amide bonds. The number of aryl methyl sites for hydroxylation is 3. The number of nitrogens with one attached hydrogen (secondary N) is 1. The van der Waals surface area contributed by atoms with Crippen molar-refractivity contribution in [1.29, 1.82) is 0 Å². The molecule has 5 nitrogen and oxygen atoms in total. The van der Waals surface area contributed by atoms with Crippen LogP contribution in [0, 0.1) is 26.6 Å². The van der Waals surface area contributed by atoms with Crippen LogP contribution in [-0.2, 0) is 23.0 Å². The van der Waals surface area contributed by atoms with Crippen LogP contribution in [0.15, 0.2) is 18.2 Å². The Morgan fingerprint density at radius 2 is 1.96 bits per heavy atom. The topological polar surface area (TPSA) is 59.9 Å². The van der Waals surface area contributed by atoms with Crippen molar-refractivity contribution in [2.45, 2.75) is 39.5 Å². The highest BCUT2D eigenvalue weighted by atomic mass is 19.4. The second-order valence-corrected chi connectivity index (χ2v) is 6.71. The largest absolute Gasteiger partial charge is 0.447 e. The normalized spacial score (nSPS) is 13.1. The van der Waals surface area contributed by atoms with Gasteiger partial charge in [0.1, 0.15) is 5.82 Å². The quantitative estimate of drug-likeness (QED) is 0.526. The van der Waals surface area contributed by atoms with Crippen molar-refractivity contribution in [3.63, 3.8) is 0 Å². The molecule has 1 N–H and O–H groups in total. The fourth-order valence-corrected chi connectivity index (χ4v) is 3.36. The Bertz CT molecular complexity index is 1050. The maximum absolute atomic E-state index is 13.6. The van der Waals surface area contributed by atoms with Crippen LogP contribution in [0.2, 0.25) is 0 Å². The average Bonchev–Trinajstić information content (AvgIpc) is 3.01. The molecule has 0 fully saturated rings. The first-order valence-electron chi connectivity index (χ1n) is 8.52. The zero-order valence-electron chi connectivity index (χ0n) is 15.7. The van der Waals surface area contributed by atoms with E-state index in [4.69, 9.17) is 4.74 Å². The summed E-state index contributed by atoms with van der Waals surface area (Å²) in [5, 5.41) is 4.41. The Kier molecular flexibility index (Phi) is 4.95. The van der Waals surface area contributed by atoms with Crippen LogP contribution in [0.3, 0.4) is 0 Å². The molecule has 0 spiro atoms. The monoisotopic (exact) mass is 397 g/mol. The lowest BCUT2D eigenvalue weighted by molar-refractivity contribution is -0.224. The number of nitrogens with zero attached hydrogens (tertiary/aromatic N) is 2. The van der Waals surface area contributed by atoms with E-state index in [9.17, 15) is 22.4 Å². The summed E-state index contributed by atoms with van der Waals surface area (Å²) in [5.41, 5.74) is 1.78. The van der Waals surface area contributed by atoms with Gasteiger partial charge in [0, 0.05) is 34.9 Å². The van der Waals surface area contributed by atoms with Gasteiger partial charge in [-0.15, -0.1) is 0 Å². The van der Waals surface area contributed by atoms with Crippen LogP contribution >= 0.6 is 0 Å². The maximum atomic E-state index is 13.6. The average molecular weight is 397 g/mol. The number of carbonyl (C=O) groups is 1. The highest BCUT2D eigenvalue weighted by Gasteiger charge is 2.46. The maximum Gasteiger partial charge on any atom is 0.429 e. The molecule has 150 valence electrons. The van der Waals surface area contributed by atoms with E-state index in [0.717, 1.165) is 0 Å². The fourth-order valence-electron chi connectivity index (χ4n) is 3.36. The predicted octanol–water partition coefficient (Wildman–Crippen LogP) is 4.36. The van der Waals surface area contributed by atoms with E-state index < -0.39 is 30.5 Å². The number of hydrogen-bond donors (Lipinski definition) is 1. The van der Waals surface area contributed by atoms with E-state index >= 15 is 0 Å². The molecule has 0 bridgehead atoms. The van der Waals surface area contributed by atoms with E-state index in [1.165, 1.54) is 43.8 Å². The fraction of sp³-hybridized carbons (Fsp3) is 0.368. The number of aromatic amines is 1. The Labute approximate surface area is 158 Å². The number of rotatable bonds is 4. The van der Waals surface area contributed by atoms with Crippen molar-refractivity contribution in [3.8, 4) is 0 Å². The predicted molar refractivity (Wildman–Crippen MR) is 94.3 cm³/mol. The molecule has 0 aliphatic rings. The van der Waals surface area contributed by atoms with Crippen LogP contribution < -0.4 is 0 Å². The lowest BCUT2D eigenvalue weighted by Crippen LogP contribution is -2.28. The first-order chi connectivity index (χ1) is 13.0. The van der Waals surface area contributed by atoms with Gasteiger partial charge in [-0.2, -0.15) is 18.3 Å². The second-order valence-electron chi connectivity index (χ2n) is 6.71. The summed E-state index contributed by atoms with van der Waals surface area (Å²) < 4.78 is 60.6. The number of hydrogen-bond acceptors (Lipinski definition) is 3. The molecule has 9 heteroatoms. The molecule has 28 heavy (non-hydrogen) atoms. The van der Waals surface area contributed by atoms with E-state index in [1.807, 2.05) is 0 Å². The number of halogens is 4. The lowest BCUT2D eigenvalue weighted by atomic mass is 10.1. The minimum Gasteiger partial charge on any atom is -0.447 e. The number of fused-ring (bicyclic) bond motifs is 1. The van der Waals surface area contributed by atoms with Gasteiger partial charge in [0.2, 0.25) is 6.10 Å². The molecule has 0 saturated heterocycles. The molecule has 1 atom stereocenters. The molecule has 2 aromatic heterocycles. The summed E-state index contributed by atoms with van der Waals surface area (Å²) in [6.45, 7) is 4.58. The molecule has 2 heterocycles. The molecule has 0 aliphatic heterocycles. The van der Waals surface area contributed by atoms with Gasteiger partial charge in [0.25, 0.3) is 0 Å². The van der Waals surface area contributed by atoms with E-state index in [1.54, 1.807) is 6.92 Å². The third-order valence-electron chi connectivity index (χ3n) is 4.78. The van der Waals surface area contributed by atoms with Crippen LogP contribution in [0.1, 0.15) is 34.3 Å². The van der Waals surface area contributed by atoms with Crippen LogP contribution in [0.5, 0.6) is 0 Å². The van der Waals surface area contributed by atoms with Gasteiger partial charge in [-0.25, -0.2) is 4.39 Å². The SMILES string of the molecule is Cc1nn(C)c(C)c1[C@@H](OC(=O)Cc1c(C)[nH]c2ccc(F)cc12)C(F)(F)F. The molecule has 3 rings (SSSR count). The van der Waals surface area contributed by atoms with Crippen molar-refractivity contribution >= 4 is 16.9 Å². The number of benzene rings is 1. The van der Waals surface area contributed by atoms with E-state index in [-0.39, 0.29) is 17.0 Å². The smallest absolute Gasteiger partial charge is 0.429 e. The van der Waals surface area contributed by atoms with E-state index in [2.05, 4.69) is 10.1 Å². The summed E-state index contributed by atoms with van der Waals surface area (Å²) in [6, 6.07) is 4.00. The van der Waals surface area contributed by atoms with Gasteiger partial charge in [-0.1, -0.05) is 0 Å². The van der Waals surface area contributed by atoms with Crippen molar-refractivity contribution in [1.82, 2.24) is 14.8 Å². The van der Waals surface area contributed by atoms with Gasteiger partial charge in [-0.05, 0) is 44.5 Å². The summed E-state index contributed by atoms with van der Waals surface area (Å²) in [5.74, 6) is -1.56. The Morgan fingerprint density at radius 3 is 2.54 bits per heavy atom. The molecule has 0 radical (unpaired) electrons. The Balaban J connectivity index is 1.92. The minimum atomic E-state index is -4.80. The van der Waals surface area contributed by atoms with Gasteiger partial charge in [-0.3, -0.25) is 9.48 Å². The number of alkyl halides is 3. The summed E-state index contributed by atoms with van der Waals surface area (Å²) in [6.07, 6.45) is -7.63. The molecule has 0 aliphatic carbocycles. The number of esters is 1. The first-order valence-corrected chi connectivity index (χ1v) is 8.52. The summed E-state index contributed by atoms with van der Waals surface area (Å²) in [4.78, 5) is 15.4. The molecule has 3 aromatic rings. The van der Waals surface area contributed by atoms with Crippen LogP contribution in [0.4, 0.5) is 17.6 Å². The van der Waals surface area contributed by atoms with Gasteiger partial charge in [0.05, 0.1) is 12.1 Å². The molecule has 0 saturated carbocycles. The van der Waals surface area contributed by atoms with Crippen molar-refractivity contribution in [3.05, 3.63) is 52.2 Å². The Hall–Kier alpha value is -2.84. The molecule has 0 unspecified atom stereocenters. The number of H-pyrrole nitrogens is 1. The second kappa shape index (κ2) is 6.96. The minimum absolute atomic E-state index is 0.139. The van der Waals surface area contributed by atoms with Gasteiger partial charge < -0.3 is 9.72 Å².